The lowest BCUT2D eigenvalue weighted by atomic mass is 9.94. The van der Waals surface area contributed by atoms with Gasteiger partial charge in [0, 0.05) is 85.0 Å². The Morgan fingerprint density at radius 3 is 0.943 bits per heavy atom. The highest BCUT2D eigenvalue weighted by molar-refractivity contribution is 6.16. The van der Waals surface area contributed by atoms with Crippen molar-refractivity contribution < 1.29 is 4.42 Å². The van der Waals surface area contributed by atoms with E-state index in [2.05, 4.69) is 240 Å². The fraction of sp³-hybridized carbons (Fsp3) is 0. The summed E-state index contributed by atoms with van der Waals surface area (Å²) in [7, 11) is 0. The molecule has 0 spiro atoms. The maximum Gasteiger partial charge on any atom is 0.159 e. The first-order chi connectivity index (χ1) is 43.2. The van der Waals surface area contributed by atoms with Crippen LogP contribution in [-0.2, 0) is 0 Å². The lowest BCUT2D eigenvalue weighted by Gasteiger charge is -2.11. The van der Waals surface area contributed by atoms with E-state index in [0.29, 0.717) is 0 Å². The van der Waals surface area contributed by atoms with Crippen molar-refractivity contribution in [1.29, 1.82) is 0 Å². The Labute approximate surface area is 501 Å². The zero-order valence-electron chi connectivity index (χ0n) is 47.0. The summed E-state index contributed by atoms with van der Waals surface area (Å²) in [5.74, 6) is 0. The van der Waals surface area contributed by atoms with Gasteiger partial charge in [0.05, 0.1) is 50.5 Å². The molecule has 0 unspecified atom stereocenters. The number of nitrogens with zero attached hydrogens (tertiary/aromatic N) is 6. The van der Waals surface area contributed by atoms with E-state index < -0.39 is 0 Å². The minimum absolute atomic E-state index is 0.811. The van der Waals surface area contributed by atoms with Crippen LogP contribution < -0.4 is 0 Å². The molecule has 0 radical (unpaired) electrons. The molecule has 7 heteroatoms. The third-order valence-corrected chi connectivity index (χ3v) is 17.2. The average Bonchev–Trinajstić information content (AvgIpc) is 1.77. The number of pyridine rings is 4. The predicted molar refractivity (Wildman–Crippen MR) is 357 cm³/mol. The summed E-state index contributed by atoms with van der Waals surface area (Å²) in [6, 6.07) is 99.4. The Kier molecular flexibility index (Phi) is 11.7. The van der Waals surface area contributed by atoms with E-state index >= 15 is 0 Å². The number of furan rings is 1. The van der Waals surface area contributed by atoms with Crippen LogP contribution in [0.15, 0.2) is 308 Å². The van der Waals surface area contributed by atoms with Crippen LogP contribution in [0.3, 0.4) is 0 Å². The largest absolute Gasteiger partial charge is 0.454 e. The van der Waals surface area contributed by atoms with Crippen LogP contribution in [-0.4, -0.2) is 29.1 Å². The summed E-state index contributed by atoms with van der Waals surface area (Å²) < 4.78 is 11.9. The molecular formula is C80H50N6O. The van der Waals surface area contributed by atoms with Gasteiger partial charge in [0.1, 0.15) is 5.58 Å². The number of fused-ring (bicyclic) bond motifs is 9. The van der Waals surface area contributed by atoms with Gasteiger partial charge in [-0.1, -0.05) is 158 Å². The normalized spacial score (nSPS) is 11.7. The lowest BCUT2D eigenvalue weighted by molar-refractivity contribution is 0.666. The Balaban J connectivity index is 0.853. The molecule has 0 aliphatic heterocycles. The molecule has 0 fully saturated rings. The van der Waals surface area contributed by atoms with E-state index in [-0.39, 0.29) is 0 Å². The summed E-state index contributed by atoms with van der Waals surface area (Å²) in [5.41, 5.74) is 25.0. The maximum absolute atomic E-state index is 7.14. The molecule has 0 bridgehead atoms. The van der Waals surface area contributed by atoms with Crippen molar-refractivity contribution in [1.82, 2.24) is 29.1 Å². The standard InChI is InChI=1S/C80H50N6O/c1-5-22-60(70-27-9-13-42-81-70)56(18-1)51-32-37-74-65(46-51)66-47-52(57-19-2-6-23-61(57)71-28-10-14-43-82-71)33-38-75(66)85(74)55-36-41-79-69(50-55)64-26-17-31-78(80(64)87-79)86-76-39-34-53(58-20-3-7-24-62(58)72-29-11-15-44-83-72)48-67(76)68-49-54(35-40-77(68)86)59-21-4-8-25-63(59)73-30-12-16-45-84-73/h1-50H. The van der Waals surface area contributed by atoms with E-state index in [1.807, 2.05) is 73.3 Å². The number of aromatic nitrogens is 6. The van der Waals surface area contributed by atoms with Crippen LogP contribution in [0.25, 0.3) is 166 Å². The van der Waals surface area contributed by atoms with Crippen molar-refractivity contribution in [2.75, 3.05) is 0 Å². The van der Waals surface area contributed by atoms with E-state index in [1.54, 1.807) is 0 Å². The molecule has 0 N–H and O–H groups in total. The van der Waals surface area contributed by atoms with Crippen LogP contribution in [0.4, 0.5) is 0 Å². The number of para-hydroxylation sites is 1. The fourth-order valence-electron chi connectivity index (χ4n) is 13.3. The zero-order valence-corrected chi connectivity index (χ0v) is 47.0. The maximum atomic E-state index is 7.14. The molecule has 0 saturated heterocycles. The highest BCUT2D eigenvalue weighted by Crippen LogP contribution is 2.45. The highest BCUT2D eigenvalue weighted by Gasteiger charge is 2.23. The number of hydrogen-bond donors (Lipinski definition) is 0. The van der Waals surface area contributed by atoms with Gasteiger partial charge in [-0.05, 0) is 166 Å². The van der Waals surface area contributed by atoms with Crippen molar-refractivity contribution in [3.05, 3.63) is 304 Å². The second-order valence-electron chi connectivity index (χ2n) is 22.1. The van der Waals surface area contributed by atoms with Crippen LogP contribution >= 0.6 is 0 Å². The van der Waals surface area contributed by atoms with Crippen molar-refractivity contribution in [2.45, 2.75) is 0 Å². The number of benzene rings is 10. The second-order valence-corrected chi connectivity index (χ2v) is 22.1. The summed E-state index contributed by atoms with van der Waals surface area (Å²) in [6.45, 7) is 0. The van der Waals surface area contributed by atoms with E-state index in [4.69, 9.17) is 24.4 Å². The third kappa shape index (κ3) is 8.35. The minimum atomic E-state index is 0.811. The van der Waals surface area contributed by atoms with Crippen molar-refractivity contribution in [2.24, 2.45) is 0 Å². The lowest BCUT2D eigenvalue weighted by Crippen LogP contribution is -1.95. The molecule has 0 amide bonds. The molecular weight excluding hydrogens is 1060 g/mol. The van der Waals surface area contributed by atoms with Gasteiger partial charge in [0.25, 0.3) is 0 Å². The van der Waals surface area contributed by atoms with Gasteiger partial charge < -0.3 is 13.6 Å². The van der Waals surface area contributed by atoms with E-state index in [0.717, 1.165) is 166 Å². The highest BCUT2D eigenvalue weighted by atomic mass is 16.3. The summed E-state index contributed by atoms with van der Waals surface area (Å²) in [4.78, 5) is 19.1. The first-order valence-corrected chi connectivity index (χ1v) is 29.3. The van der Waals surface area contributed by atoms with Gasteiger partial charge in [-0.25, -0.2) is 0 Å². The summed E-state index contributed by atoms with van der Waals surface area (Å²) in [5, 5.41) is 6.61. The quantitative estimate of drug-likeness (QED) is 0.136. The zero-order chi connectivity index (χ0) is 57.4. The molecule has 0 aliphatic carbocycles. The second kappa shape index (κ2) is 20.5. The molecule has 17 rings (SSSR count). The Morgan fingerprint density at radius 1 is 0.241 bits per heavy atom. The van der Waals surface area contributed by atoms with Crippen LogP contribution in [0.1, 0.15) is 0 Å². The van der Waals surface area contributed by atoms with Gasteiger partial charge >= 0.3 is 0 Å². The van der Waals surface area contributed by atoms with E-state index in [1.165, 1.54) is 0 Å². The molecule has 7 aromatic heterocycles. The van der Waals surface area contributed by atoms with Gasteiger partial charge in [0.2, 0.25) is 0 Å². The molecule has 406 valence electrons. The molecule has 7 nitrogen and oxygen atoms in total. The smallest absolute Gasteiger partial charge is 0.159 e. The molecule has 0 saturated carbocycles. The summed E-state index contributed by atoms with van der Waals surface area (Å²) >= 11 is 0. The molecule has 10 aromatic carbocycles. The van der Waals surface area contributed by atoms with Crippen molar-refractivity contribution in [3.8, 4) is 101 Å². The van der Waals surface area contributed by atoms with Gasteiger partial charge in [0.15, 0.2) is 5.58 Å². The first-order valence-electron chi connectivity index (χ1n) is 29.3. The Morgan fingerprint density at radius 2 is 0.586 bits per heavy atom. The van der Waals surface area contributed by atoms with Crippen LogP contribution in [0.5, 0.6) is 0 Å². The predicted octanol–water partition coefficient (Wildman–Crippen LogP) is 20.7. The number of hydrogen-bond acceptors (Lipinski definition) is 5. The third-order valence-electron chi connectivity index (χ3n) is 17.2. The molecule has 17 aromatic rings. The number of rotatable bonds is 10. The Bertz CT molecular complexity index is 5230. The minimum Gasteiger partial charge on any atom is -0.454 e. The molecule has 0 aliphatic rings. The van der Waals surface area contributed by atoms with Crippen LogP contribution in [0, 0.1) is 0 Å². The van der Waals surface area contributed by atoms with E-state index in [9.17, 15) is 0 Å². The van der Waals surface area contributed by atoms with Crippen molar-refractivity contribution >= 4 is 65.6 Å². The SMILES string of the molecule is c1ccc(-c2ccccc2-c2ccc3c(c2)c2cc(-c4ccccc4-c4ccccn4)ccc2n3-c2ccc3oc4c(-n5c6ccc(-c7ccccc7-c7ccccn7)cc6c6cc(-c7ccccc7-c7ccccn7)ccc65)cccc4c3c2)nc1. The molecule has 7 heterocycles. The average molecular weight is 1110 g/mol. The topological polar surface area (TPSA) is 74.6 Å². The molecule has 87 heavy (non-hydrogen) atoms. The first kappa shape index (κ1) is 49.8. The van der Waals surface area contributed by atoms with Gasteiger partial charge in [-0.3, -0.25) is 19.9 Å². The van der Waals surface area contributed by atoms with Gasteiger partial charge in [-0.2, -0.15) is 0 Å². The summed E-state index contributed by atoms with van der Waals surface area (Å²) in [6.07, 6.45) is 7.44. The fourth-order valence-corrected chi connectivity index (χ4v) is 13.3. The van der Waals surface area contributed by atoms with Crippen molar-refractivity contribution in [3.63, 3.8) is 0 Å². The Hall–Kier alpha value is -11.8. The van der Waals surface area contributed by atoms with Gasteiger partial charge in [-0.15, -0.1) is 0 Å². The van der Waals surface area contributed by atoms with Crippen LogP contribution in [0.2, 0.25) is 0 Å². The molecule has 0 atom stereocenters. The monoisotopic (exact) mass is 1110 g/mol.